The third-order valence-electron chi connectivity index (χ3n) is 3.69. The highest BCUT2D eigenvalue weighted by atomic mass is 79.9. The summed E-state index contributed by atoms with van der Waals surface area (Å²) in [5.74, 6) is 0.621. The molecule has 4 heteroatoms. The minimum atomic E-state index is -0.212. The van der Waals surface area contributed by atoms with Gasteiger partial charge in [0.1, 0.15) is 5.82 Å². The number of hydrogen-bond donors (Lipinski definition) is 1. The molecule has 2 nitrogen and oxygen atoms in total. The van der Waals surface area contributed by atoms with Crippen LogP contribution in [0.4, 0.5) is 4.39 Å². The zero-order valence-corrected chi connectivity index (χ0v) is 13.0. The maximum Gasteiger partial charge on any atom is 0.124 e. The summed E-state index contributed by atoms with van der Waals surface area (Å²) < 4.78 is 14.0. The van der Waals surface area contributed by atoms with E-state index in [1.54, 1.807) is 0 Å². The smallest absolute Gasteiger partial charge is 0.124 e. The molecular formula is C15H22BrFN2. The van der Waals surface area contributed by atoms with E-state index in [2.05, 4.69) is 27.8 Å². The summed E-state index contributed by atoms with van der Waals surface area (Å²) in [6.07, 6.45) is 3.78. The topological polar surface area (TPSA) is 29.3 Å². The molecule has 1 unspecified atom stereocenters. The van der Waals surface area contributed by atoms with Crippen molar-refractivity contribution in [2.24, 2.45) is 11.7 Å². The lowest BCUT2D eigenvalue weighted by Crippen LogP contribution is -2.36. The van der Waals surface area contributed by atoms with Gasteiger partial charge in [0.25, 0.3) is 0 Å². The SMILES string of the molecule is CCCN(CC1CC1)C(CN)c1ccc(F)cc1Br. The zero-order chi connectivity index (χ0) is 13.8. The van der Waals surface area contributed by atoms with Crippen molar-refractivity contribution >= 4 is 15.9 Å². The fourth-order valence-electron chi connectivity index (χ4n) is 2.54. The third-order valence-corrected chi connectivity index (χ3v) is 4.37. The minimum Gasteiger partial charge on any atom is -0.329 e. The summed E-state index contributed by atoms with van der Waals surface area (Å²) >= 11 is 3.47. The molecule has 0 saturated heterocycles. The molecule has 1 fully saturated rings. The van der Waals surface area contributed by atoms with Gasteiger partial charge >= 0.3 is 0 Å². The Kier molecular flexibility index (Phi) is 5.37. The quantitative estimate of drug-likeness (QED) is 0.826. The molecular weight excluding hydrogens is 307 g/mol. The zero-order valence-electron chi connectivity index (χ0n) is 11.4. The molecule has 1 aromatic rings. The number of halogens is 2. The lowest BCUT2D eigenvalue weighted by Gasteiger charge is -2.31. The second-order valence-electron chi connectivity index (χ2n) is 5.36. The molecule has 1 aliphatic rings. The summed E-state index contributed by atoms with van der Waals surface area (Å²) in [6, 6.07) is 5.07. The highest BCUT2D eigenvalue weighted by Gasteiger charge is 2.28. The fraction of sp³-hybridized carbons (Fsp3) is 0.600. The second-order valence-corrected chi connectivity index (χ2v) is 6.21. The van der Waals surface area contributed by atoms with E-state index in [0.29, 0.717) is 6.54 Å². The monoisotopic (exact) mass is 328 g/mol. The minimum absolute atomic E-state index is 0.176. The summed E-state index contributed by atoms with van der Waals surface area (Å²) in [5.41, 5.74) is 7.08. The van der Waals surface area contributed by atoms with Gasteiger partial charge in [-0.05, 0) is 49.4 Å². The summed E-state index contributed by atoms with van der Waals surface area (Å²) in [6.45, 7) is 4.91. The van der Waals surface area contributed by atoms with Gasteiger partial charge in [-0.1, -0.05) is 28.9 Å². The summed E-state index contributed by atoms with van der Waals surface area (Å²) in [7, 11) is 0. The number of nitrogens with zero attached hydrogens (tertiary/aromatic N) is 1. The summed E-state index contributed by atoms with van der Waals surface area (Å²) in [4.78, 5) is 2.45. The normalized spacial score (nSPS) is 16.9. The molecule has 1 saturated carbocycles. The van der Waals surface area contributed by atoms with Gasteiger partial charge < -0.3 is 5.73 Å². The van der Waals surface area contributed by atoms with Crippen molar-refractivity contribution in [2.45, 2.75) is 32.2 Å². The van der Waals surface area contributed by atoms with Crippen molar-refractivity contribution < 1.29 is 4.39 Å². The van der Waals surface area contributed by atoms with Gasteiger partial charge in [-0.2, -0.15) is 0 Å². The molecule has 2 N–H and O–H groups in total. The van der Waals surface area contributed by atoms with E-state index >= 15 is 0 Å². The number of rotatable bonds is 7. The molecule has 1 aliphatic carbocycles. The standard InChI is InChI=1S/C15H22BrFN2/c1-2-7-19(10-11-3-4-11)15(9-18)13-6-5-12(17)8-14(13)16/h5-6,8,11,15H,2-4,7,9-10,18H2,1H3. The van der Waals surface area contributed by atoms with Crippen LogP contribution in [0.5, 0.6) is 0 Å². The molecule has 2 rings (SSSR count). The van der Waals surface area contributed by atoms with Crippen molar-refractivity contribution in [2.75, 3.05) is 19.6 Å². The molecule has 0 bridgehead atoms. The van der Waals surface area contributed by atoms with Crippen LogP contribution in [0.15, 0.2) is 22.7 Å². The first-order valence-corrected chi connectivity index (χ1v) is 7.84. The average molecular weight is 329 g/mol. The maximum atomic E-state index is 13.2. The Morgan fingerprint density at radius 3 is 2.74 bits per heavy atom. The second kappa shape index (κ2) is 6.82. The van der Waals surface area contributed by atoms with Gasteiger partial charge in [0.05, 0.1) is 0 Å². The Labute approximate surface area is 123 Å². The van der Waals surface area contributed by atoms with E-state index in [1.807, 2.05) is 6.07 Å². The van der Waals surface area contributed by atoms with Crippen molar-refractivity contribution in [3.05, 3.63) is 34.1 Å². The maximum absolute atomic E-state index is 13.2. The molecule has 0 heterocycles. The van der Waals surface area contributed by atoms with Crippen LogP contribution < -0.4 is 5.73 Å². The predicted octanol–water partition coefficient (Wildman–Crippen LogP) is 3.71. The lowest BCUT2D eigenvalue weighted by molar-refractivity contribution is 0.192. The Hall–Kier alpha value is -0.450. The van der Waals surface area contributed by atoms with Gasteiger partial charge in [-0.25, -0.2) is 4.39 Å². The Balaban J connectivity index is 2.19. The predicted molar refractivity (Wildman–Crippen MR) is 80.5 cm³/mol. The van der Waals surface area contributed by atoms with Crippen LogP contribution in [-0.4, -0.2) is 24.5 Å². The first kappa shape index (κ1) is 14.9. The molecule has 0 amide bonds. The van der Waals surface area contributed by atoms with Crippen molar-refractivity contribution in [1.82, 2.24) is 4.90 Å². The van der Waals surface area contributed by atoms with E-state index in [-0.39, 0.29) is 11.9 Å². The van der Waals surface area contributed by atoms with Crippen LogP contribution >= 0.6 is 15.9 Å². The average Bonchev–Trinajstić information content (AvgIpc) is 3.17. The number of nitrogens with two attached hydrogens (primary N) is 1. The molecule has 0 aliphatic heterocycles. The Morgan fingerprint density at radius 2 is 2.21 bits per heavy atom. The van der Waals surface area contributed by atoms with Crippen LogP contribution in [0.1, 0.15) is 37.8 Å². The van der Waals surface area contributed by atoms with Crippen molar-refractivity contribution in [1.29, 1.82) is 0 Å². The van der Waals surface area contributed by atoms with Gasteiger partial charge in [-0.3, -0.25) is 4.90 Å². The lowest BCUT2D eigenvalue weighted by atomic mass is 10.0. The molecule has 0 radical (unpaired) electrons. The first-order chi connectivity index (χ1) is 9.15. The van der Waals surface area contributed by atoms with E-state index in [4.69, 9.17) is 5.73 Å². The highest BCUT2D eigenvalue weighted by Crippen LogP contribution is 2.34. The summed E-state index contributed by atoms with van der Waals surface area (Å²) in [5, 5.41) is 0. The number of benzene rings is 1. The molecule has 0 spiro atoms. The number of hydrogen-bond acceptors (Lipinski definition) is 2. The van der Waals surface area contributed by atoms with E-state index in [1.165, 1.54) is 25.0 Å². The van der Waals surface area contributed by atoms with E-state index in [0.717, 1.165) is 35.5 Å². The van der Waals surface area contributed by atoms with Gasteiger partial charge in [-0.15, -0.1) is 0 Å². The van der Waals surface area contributed by atoms with Crippen LogP contribution in [0.25, 0.3) is 0 Å². The van der Waals surface area contributed by atoms with Gasteiger partial charge in [0.2, 0.25) is 0 Å². The van der Waals surface area contributed by atoms with Crippen LogP contribution in [0.2, 0.25) is 0 Å². The van der Waals surface area contributed by atoms with Gasteiger partial charge in [0, 0.05) is 23.6 Å². The highest BCUT2D eigenvalue weighted by molar-refractivity contribution is 9.10. The van der Waals surface area contributed by atoms with Crippen LogP contribution in [0.3, 0.4) is 0 Å². The van der Waals surface area contributed by atoms with Crippen molar-refractivity contribution in [3.63, 3.8) is 0 Å². The van der Waals surface area contributed by atoms with E-state index < -0.39 is 0 Å². The largest absolute Gasteiger partial charge is 0.329 e. The molecule has 0 aromatic heterocycles. The molecule has 1 aromatic carbocycles. The van der Waals surface area contributed by atoms with Crippen LogP contribution in [0, 0.1) is 11.7 Å². The Bertz CT molecular complexity index is 421. The van der Waals surface area contributed by atoms with Gasteiger partial charge in [0.15, 0.2) is 0 Å². The third kappa shape index (κ3) is 4.01. The molecule has 19 heavy (non-hydrogen) atoms. The van der Waals surface area contributed by atoms with Crippen molar-refractivity contribution in [3.8, 4) is 0 Å². The fourth-order valence-corrected chi connectivity index (χ4v) is 3.15. The van der Waals surface area contributed by atoms with Crippen LogP contribution in [-0.2, 0) is 0 Å². The first-order valence-electron chi connectivity index (χ1n) is 7.04. The van der Waals surface area contributed by atoms with E-state index in [9.17, 15) is 4.39 Å². The molecule has 106 valence electrons. The Morgan fingerprint density at radius 1 is 1.47 bits per heavy atom. The molecule has 1 atom stereocenters.